The molecule has 140 valence electrons. The van der Waals surface area contributed by atoms with E-state index in [1.807, 2.05) is 49.3 Å². The summed E-state index contributed by atoms with van der Waals surface area (Å²) in [5.74, 6) is 0.583. The fourth-order valence-corrected chi connectivity index (χ4v) is 3.06. The Morgan fingerprint density at radius 3 is 2.39 bits per heavy atom. The SMILES string of the molecule is CN(C)c1ccc(-c2nc3cc(C(=O)Nc4ccc(Cl)cc4)ccc3[nH]2)cc1. The molecular formula is C22H19ClN4O. The molecule has 28 heavy (non-hydrogen) atoms. The van der Waals surface area contributed by atoms with Crippen molar-refractivity contribution in [1.29, 1.82) is 0 Å². The largest absolute Gasteiger partial charge is 0.378 e. The van der Waals surface area contributed by atoms with Crippen molar-refractivity contribution in [2.75, 3.05) is 24.3 Å². The quantitative estimate of drug-likeness (QED) is 0.503. The number of H-pyrrole nitrogens is 1. The highest BCUT2D eigenvalue weighted by Gasteiger charge is 2.11. The minimum Gasteiger partial charge on any atom is -0.378 e. The van der Waals surface area contributed by atoms with Crippen LogP contribution in [0.1, 0.15) is 10.4 Å². The molecule has 0 fully saturated rings. The van der Waals surface area contributed by atoms with Gasteiger partial charge in [-0.3, -0.25) is 4.79 Å². The molecular weight excluding hydrogens is 372 g/mol. The molecule has 0 saturated carbocycles. The zero-order chi connectivity index (χ0) is 19.7. The van der Waals surface area contributed by atoms with Crippen molar-refractivity contribution < 1.29 is 4.79 Å². The zero-order valence-electron chi connectivity index (χ0n) is 15.5. The van der Waals surface area contributed by atoms with Crippen LogP contribution in [0.2, 0.25) is 5.02 Å². The number of halogens is 1. The number of benzene rings is 3. The van der Waals surface area contributed by atoms with Gasteiger partial charge in [-0.25, -0.2) is 4.98 Å². The van der Waals surface area contributed by atoms with Crippen LogP contribution in [0.3, 0.4) is 0 Å². The molecule has 4 rings (SSSR count). The van der Waals surface area contributed by atoms with E-state index in [0.717, 1.165) is 28.1 Å². The number of amides is 1. The average Bonchev–Trinajstić information content (AvgIpc) is 3.13. The van der Waals surface area contributed by atoms with E-state index in [1.54, 1.807) is 36.4 Å². The lowest BCUT2D eigenvalue weighted by molar-refractivity contribution is 0.102. The number of hydrogen-bond donors (Lipinski definition) is 2. The van der Waals surface area contributed by atoms with E-state index >= 15 is 0 Å². The number of aromatic nitrogens is 2. The van der Waals surface area contributed by atoms with E-state index < -0.39 is 0 Å². The van der Waals surface area contributed by atoms with Gasteiger partial charge < -0.3 is 15.2 Å². The normalized spacial score (nSPS) is 10.8. The first-order valence-electron chi connectivity index (χ1n) is 8.84. The number of imidazole rings is 1. The lowest BCUT2D eigenvalue weighted by atomic mass is 10.2. The minimum absolute atomic E-state index is 0.191. The Morgan fingerprint density at radius 2 is 1.71 bits per heavy atom. The predicted molar refractivity (Wildman–Crippen MR) is 115 cm³/mol. The third kappa shape index (κ3) is 3.70. The van der Waals surface area contributed by atoms with Gasteiger partial charge in [0.05, 0.1) is 11.0 Å². The molecule has 2 N–H and O–H groups in total. The number of nitrogens with zero attached hydrogens (tertiary/aromatic N) is 2. The standard InChI is InChI=1S/C22H19ClN4O/c1-27(2)18-10-3-14(4-11-18)21-25-19-12-5-15(13-20(19)26-21)22(28)24-17-8-6-16(23)7-9-17/h3-13H,1-2H3,(H,24,28)(H,25,26). The summed E-state index contributed by atoms with van der Waals surface area (Å²) in [7, 11) is 4.01. The van der Waals surface area contributed by atoms with Crippen LogP contribution in [-0.2, 0) is 0 Å². The molecule has 0 aliphatic heterocycles. The summed E-state index contributed by atoms with van der Waals surface area (Å²) in [5.41, 5.74) is 4.99. The highest BCUT2D eigenvalue weighted by atomic mass is 35.5. The molecule has 0 aliphatic carbocycles. The van der Waals surface area contributed by atoms with Crippen LogP contribution >= 0.6 is 11.6 Å². The second kappa shape index (κ2) is 7.37. The van der Waals surface area contributed by atoms with Crippen LogP contribution in [-0.4, -0.2) is 30.0 Å². The number of nitrogens with one attached hydrogen (secondary N) is 2. The molecule has 0 unspecified atom stereocenters. The molecule has 0 spiro atoms. The van der Waals surface area contributed by atoms with Crippen LogP contribution in [0.5, 0.6) is 0 Å². The maximum atomic E-state index is 12.5. The van der Waals surface area contributed by atoms with Gasteiger partial charge in [0.2, 0.25) is 0 Å². The maximum absolute atomic E-state index is 12.5. The first-order chi connectivity index (χ1) is 13.5. The number of carbonyl (C=O) groups is 1. The smallest absolute Gasteiger partial charge is 0.255 e. The van der Waals surface area contributed by atoms with Crippen molar-refractivity contribution in [3.05, 3.63) is 77.3 Å². The van der Waals surface area contributed by atoms with Gasteiger partial charge in [0.25, 0.3) is 5.91 Å². The summed E-state index contributed by atoms with van der Waals surface area (Å²) in [5, 5.41) is 3.49. The minimum atomic E-state index is -0.191. The summed E-state index contributed by atoms with van der Waals surface area (Å²) in [6.07, 6.45) is 0. The third-order valence-electron chi connectivity index (χ3n) is 4.50. The van der Waals surface area contributed by atoms with Crippen LogP contribution in [0.4, 0.5) is 11.4 Å². The molecule has 5 nitrogen and oxygen atoms in total. The van der Waals surface area contributed by atoms with Gasteiger partial charge in [0.1, 0.15) is 5.82 Å². The number of aromatic amines is 1. The summed E-state index contributed by atoms with van der Waals surface area (Å²) < 4.78 is 0. The van der Waals surface area contributed by atoms with Crippen molar-refractivity contribution in [3.8, 4) is 11.4 Å². The van der Waals surface area contributed by atoms with Crippen molar-refractivity contribution in [1.82, 2.24) is 9.97 Å². The van der Waals surface area contributed by atoms with Gasteiger partial charge in [-0.2, -0.15) is 0 Å². The molecule has 1 heterocycles. The summed E-state index contributed by atoms with van der Waals surface area (Å²) in [4.78, 5) is 22.5. The van der Waals surface area contributed by atoms with Crippen LogP contribution in [0, 0.1) is 0 Å². The van der Waals surface area contributed by atoms with E-state index in [-0.39, 0.29) is 5.91 Å². The molecule has 1 aromatic heterocycles. The fourth-order valence-electron chi connectivity index (χ4n) is 2.94. The van der Waals surface area contributed by atoms with Crippen molar-refractivity contribution in [2.45, 2.75) is 0 Å². The van der Waals surface area contributed by atoms with Gasteiger partial charge >= 0.3 is 0 Å². The lowest BCUT2D eigenvalue weighted by Crippen LogP contribution is -2.11. The van der Waals surface area contributed by atoms with E-state index in [2.05, 4.69) is 15.3 Å². The molecule has 0 bridgehead atoms. The predicted octanol–water partition coefficient (Wildman–Crippen LogP) is 5.20. The fraction of sp³-hybridized carbons (Fsp3) is 0.0909. The van der Waals surface area contributed by atoms with Crippen LogP contribution in [0.25, 0.3) is 22.4 Å². The Balaban J connectivity index is 1.59. The van der Waals surface area contributed by atoms with E-state index in [0.29, 0.717) is 16.3 Å². The maximum Gasteiger partial charge on any atom is 0.255 e. The first-order valence-corrected chi connectivity index (χ1v) is 9.22. The van der Waals surface area contributed by atoms with Crippen molar-refractivity contribution in [2.24, 2.45) is 0 Å². The average molecular weight is 391 g/mol. The number of carbonyl (C=O) groups excluding carboxylic acids is 1. The number of hydrogen-bond acceptors (Lipinski definition) is 3. The molecule has 6 heteroatoms. The summed E-state index contributed by atoms with van der Waals surface area (Å²) >= 11 is 5.88. The van der Waals surface area contributed by atoms with E-state index in [9.17, 15) is 4.79 Å². The molecule has 0 radical (unpaired) electrons. The van der Waals surface area contributed by atoms with Gasteiger partial charge in [0.15, 0.2) is 0 Å². The second-order valence-electron chi connectivity index (χ2n) is 6.72. The Labute approximate surface area is 168 Å². The molecule has 0 aliphatic rings. The van der Waals surface area contributed by atoms with Crippen LogP contribution < -0.4 is 10.2 Å². The zero-order valence-corrected chi connectivity index (χ0v) is 16.3. The highest BCUT2D eigenvalue weighted by Crippen LogP contribution is 2.24. The second-order valence-corrected chi connectivity index (χ2v) is 7.16. The number of anilines is 2. The Bertz CT molecular complexity index is 1130. The number of fused-ring (bicyclic) bond motifs is 1. The van der Waals surface area contributed by atoms with Crippen molar-refractivity contribution >= 4 is 39.9 Å². The molecule has 0 saturated heterocycles. The Hall–Kier alpha value is -3.31. The van der Waals surface area contributed by atoms with Crippen molar-refractivity contribution in [3.63, 3.8) is 0 Å². The van der Waals surface area contributed by atoms with Crippen LogP contribution in [0.15, 0.2) is 66.7 Å². The van der Waals surface area contributed by atoms with Gasteiger partial charge in [-0.1, -0.05) is 11.6 Å². The molecule has 4 aromatic rings. The summed E-state index contributed by atoms with van der Waals surface area (Å²) in [6, 6.07) is 20.6. The first kappa shape index (κ1) is 18.1. The lowest BCUT2D eigenvalue weighted by Gasteiger charge is -2.11. The highest BCUT2D eigenvalue weighted by molar-refractivity contribution is 6.30. The van der Waals surface area contributed by atoms with E-state index in [4.69, 9.17) is 11.6 Å². The van der Waals surface area contributed by atoms with Gasteiger partial charge in [-0.15, -0.1) is 0 Å². The number of rotatable bonds is 4. The Morgan fingerprint density at radius 1 is 1.00 bits per heavy atom. The van der Waals surface area contributed by atoms with Gasteiger partial charge in [-0.05, 0) is 66.7 Å². The Kier molecular flexibility index (Phi) is 4.75. The molecule has 0 atom stereocenters. The van der Waals surface area contributed by atoms with Gasteiger partial charge in [0, 0.05) is 41.6 Å². The monoisotopic (exact) mass is 390 g/mol. The third-order valence-corrected chi connectivity index (χ3v) is 4.76. The molecule has 3 aromatic carbocycles. The van der Waals surface area contributed by atoms with E-state index in [1.165, 1.54) is 0 Å². The molecule has 1 amide bonds. The topological polar surface area (TPSA) is 61.0 Å². The summed E-state index contributed by atoms with van der Waals surface area (Å²) in [6.45, 7) is 0.